The number of hydroxylamine groups is 2. The van der Waals surface area contributed by atoms with E-state index in [2.05, 4.69) is 13.2 Å². The van der Waals surface area contributed by atoms with Crippen LogP contribution in [-0.4, -0.2) is 17.8 Å². The minimum Gasteiger partial charge on any atom is -0.433 e. The molecule has 0 aromatic rings. The molecule has 0 radical (unpaired) electrons. The molecule has 4 heteroatoms. The van der Waals surface area contributed by atoms with Crippen molar-refractivity contribution in [2.45, 2.75) is 26.2 Å². The van der Waals surface area contributed by atoms with Gasteiger partial charge in [0.25, 0.3) is 0 Å². The van der Waals surface area contributed by atoms with Gasteiger partial charge < -0.3 is 9.57 Å². The predicted molar refractivity (Wildman–Crippen MR) is 52.1 cm³/mol. The topological polar surface area (TPSA) is 38.8 Å². The van der Waals surface area contributed by atoms with Gasteiger partial charge in [0.1, 0.15) is 0 Å². The summed E-state index contributed by atoms with van der Waals surface area (Å²) < 4.78 is 4.76. The van der Waals surface area contributed by atoms with Crippen LogP contribution >= 0.6 is 0 Å². The molecule has 0 aromatic carbocycles. The van der Waals surface area contributed by atoms with Crippen LogP contribution < -0.4 is 0 Å². The number of rotatable bonds is 3. The molecule has 1 saturated heterocycles. The zero-order valence-electron chi connectivity index (χ0n) is 8.41. The molecule has 78 valence electrons. The summed E-state index contributed by atoms with van der Waals surface area (Å²) >= 11 is 0. The van der Waals surface area contributed by atoms with Crippen LogP contribution in [0, 0.1) is 0 Å². The van der Waals surface area contributed by atoms with Gasteiger partial charge in [0, 0.05) is 0 Å². The van der Waals surface area contributed by atoms with Gasteiger partial charge in [-0.05, 0) is 19.3 Å². The lowest BCUT2D eigenvalue weighted by atomic mass is 10.3. The first kappa shape index (κ1) is 10.6. The van der Waals surface area contributed by atoms with Gasteiger partial charge in [-0.1, -0.05) is 20.1 Å². The predicted octanol–water partition coefficient (Wildman–Crippen LogP) is 2.59. The minimum atomic E-state index is -0.698. The Morgan fingerprint density at radius 3 is 2.50 bits per heavy atom. The molecule has 4 nitrogen and oxygen atoms in total. The van der Waals surface area contributed by atoms with Gasteiger partial charge in [0.05, 0.1) is 18.0 Å². The molecule has 0 atom stereocenters. The minimum absolute atomic E-state index is 0.367. The fourth-order valence-corrected chi connectivity index (χ4v) is 1.13. The van der Waals surface area contributed by atoms with Crippen LogP contribution in [0.15, 0.2) is 24.6 Å². The first-order chi connectivity index (χ1) is 6.65. The Labute approximate surface area is 83.7 Å². The Balaban J connectivity index is 2.39. The van der Waals surface area contributed by atoms with E-state index >= 15 is 0 Å². The fourth-order valence-electron chi connectivity index (χ4n) is 1.13. The normalized spacial score (nSPS) is 15.9. The van der Waals surface area contributed by atoms with Crippen molar-refractivity contribution in [2.24, 2.45) is 0 Å². The summed E-state index contributed by atoms with van der Waals surface area (Å²) in [4.78, 5) is 16.0. The molecule has 0 N–H and O–H groups in total. The summed E-state index contributed by atoms with van der Waals surface area (Å²) in [5.74, 6) is 0. The molecule has 0 bridgehead atoms. The van der Waals surface area contributed by atoms with Crippen LogP contribution in [0.3, 0.4) is 0 Å². The van der Waals surface area contributed by atoms with E-state index in [1.807, 2.05) is 6.92 Å². The van der Waals surface area contributed by atoms with Crippen molar-refractivity contribution in [2.75, 3.05) is 6.61 Å². The molecule has 14 heavy (non-hydrogen) atoms. The Morgan fingerprint density at radius 1 is 1.43 bits per heavy atom. The van der Waals surface area contributed by atoms with Crippen molar-refractivity contribution in [3.63, 3.8) is 0 Å². The average Bonchev–Trinajstić information content (AvgIpc) is 2.46. The molecular formula is C10H15NO3. The van der Waals surface area contributed by atoms with Gasteiger partial charge in [0.15, 0.2) is 0 Å². The second-order valence-electron chi connectivity index (χ2n) is 3.12. The summed E-state index contributed by atoms with van der Waals surface area (Å²) in [5, 5.41) is 1.35. The van der Waals surface area contributed by atoms with E-state index < -0.39 is 6.16 Å². The van der Waals surface area contributed by atoms with E-state index in [0.717, 1.165) is 30.7 Å². The van der Waals surface area contributed by atoms with Crippen molar-refractivity contribution in [3.05, 3.63) is 24.6 Å². The Bertz CT molecular complexity index is 244. The number of allylic oxidation sites excluding steroid dienone is 2. The van der Waals surface area contributed by atoms with Gasteiger partial charge in [-0.15, -0.1) is 0 Å². The quantitative estimate of drug-likeness (QED) is 0.652. The van der Waals surface area contributed by atoms with Crippen LogP contribution in [0.5, 0.6) is 0 Å². The molecule has 1 aliphatic heterocycles. The summed E-state index contributed by atoms with van der Waals surface area (Å²) in [7, 11) is 0. The monoisotopic (exact) mass is 197 g/mol. The molecule has 0 amide bonds. The lowest BCUT2D eigenvalue weighted by Crippen LogP contribution is -2.21. The smallest absolute Gasteiger partial charge is 0.433 e. The number of hydrogen-bond donors (Lipinski definition) is 0. The molecule has 0 unspecified atom stereocenters. The maximum atomic E-state index is 11.1. The standard InChI is InChI=1S/C10H15NO3/c1-4-7-13-10(12)14-11-8(2)5-6-9(11)3/h2-7H2,1H3. The van der Waals surface area contributed by atoms with E-state index in [-0.39, 0.29) is 0 Å². The Hall–Kier alpha value is -1.45. The van der Waals surface area contributed by atoms with Crippen molar-refractivity contribution in [3.8, 4) is 0 Å². The van der Waals surface area contributed by atoms with E-state index in [9.17, 15) is 4.79 Å². The molecule has 1 rings (SSSR count). The summed E-state index contributed by atoms with van der Waals surface area (Å²) in [6.07, 6.45) is 1.63. The Kier molecular flexibility index (Phi) is 3.56. The van der Waals surface area contributed by atoms with E-state index in [1.54, 1.807) is 0 Å². The average molecular weight is 197 g/mol. The summed E-state index contributed by atoms with van der Waals surface area (Å²) in [6, 6.07) is 0. The van der Waals surface area contributed by atoms with Crippen LogP contribution in [0.25, 0.3) is 0 Å². The van der Waals surface area contributed by atoms with E-state index in [1.165, 1.54) is 5.06 Å². The molecular weight excluding hydrogens is 182 g/mol. The van der Waals surface area contributed by atoms with Crippen LogP contribution in [-0.2, 0) is 9.57 Å². The van der Waals surface area contributed by atoms with E-state index in [0.29, 0.717) is 6.61 Å². The fraction of sp³-hybridized carbons (Fsp3) is 0.500. The summed E-state index contributed by atoms with van der Waals surface area (Å²) in [5.41, 5.74) is 1.48. The molecule has 0 aliphatic carbocycles. The highest BCUT2D eigenvalue weighted by atomic mass is 16.8. The third-order valence-corrected chi connectivity index (χ3v) is 1.87. The van der Waals surface area contributed by atoms with Crippen molar-refractivity contribution < 1.29 is 14.4 Å². The van der Waals surface area contributed by atoms with Crippen molar-refractivity contribution in [1.82, 2.24) is 5.06 Å². The largest absolute Gasteiger partial charge is 0.533 e. The maximum Gasteiger partial charge on any atom is 0.533 e. The van der Waals surface area contributed by atoms with Gasteiger partial charge in [0.2, 0.25) is 0 Å². The zero-order valence-corrected chi connectivity index (χ0v) is 8.41. The number of hydrogen-bond acceptors (Lipinski definition) is 4. The molecule has 0 aromatic heterocycles. The van der Waals surface area contributed by atoms with Crippen molar-refractivity contribution >= 4 is 6.16 Å². The van der Waals surface area contributed by atoms with Gasteiger partial charge in [-0.25, -0.2) is 4.79 Å². The second kappa shape index (κ2) is 4.69. The van der Waals surface area contributed by atoms with Crippen molar-refractivity contribution in [1.29, 1.82) is 0 Å². The zero-order chi connectivity index (χ0) is 10.6. The molecule has 0 saturated carbocycles. The van der Waals surface area contributed by atoms with Gasteiger partial charge >= 0.3 is 6.16 Å². The number of carbonyl (C=O) groups is 1. The van der Waals surface area contributed by atoms with Crippen LogP contribution in [0.2, 0.25) is 0 Å². The highest BCUT2D eigenvalue weighted by molar-refractivity contribution is 5.59. The molecule has 1 heterocycles. The third kappa shape index (κ3) is 2.52. The van der Waals surface area contributed by atoms with Crippen LogP contribution in [0.4, 0.5) is 4.79 Å². The number of carbonyl (C=O) groups excluding carboxylic acids is 1. The molecule has 1 fully saturated rings. The first-order valence-electron chi connectivity index (χ1n) is 4.65. The highest BCUT2D eigenvalue weighted by Crippen LogP contribution is 2.28. The lowest BCUT2D eigenvalue weighted by Gasteiger charge is -2.18. The third-order valence-electron chi connectivity index (χ3n) is 1.87. The van der Waals surface area contributed by atoms with Gasteiger partial charge in [-0.3, -0.25) is 0 Å². The van der Waals surface area contributed by atoms with Gasteiger partial charge in [-0.2, -0.15) is 5.06 Å². The Morgan fingerprint density at radius 2 is 2.00 bits per heavy atom. The maximum absolute atomic E-state index is 11.1. The summed E-state index contributed by atoms with van der Waals surface area (Å²) in [6.45, 7) is 9.79. The SMILES string of the molecule is C=C1CCC(=C)N1OC(=O)OCCC. The highest BCUT2D eigenvalue weighted by Gasteiger charge is 2.23. The first-order valence-corrected chi connectivity index (χ1v) is 4.65. The van der Waals surface area contributed by atoms with Crippen LogP contribution in [0.1, 0.15) is 26.2 Å². The number of ether oxygens (including phenoxy) is 1. The van der Waals surface area contributed by atoms with E-state index in [4.69, 9.17) is 9.57 Å². The second-order valence-corrected chi connectivity index (χ2v) is 3.12. The molecule has 0 spiro atoms. The lowest BCUT2D eigenvalue weighted by molar-refractivity contribution is -0.0726. The number of nitrogens with zero attached hydrogens (tertiary/aromatic N) is 1. The molecule has 1 aliphatic rings.